The number of methoxy groups -OCH3 is 3. The number of nitro groups is 1. The van der Waals surface area contributed by atoms with Crippen molar-refractivity contribution in [2.24, 2.45) is 10.2 Å². The second-order valence-corrected chi connectivity index (χ2v) is 10.7. The van der Waals surface area contributed by atoms with Crippen molar-refractivity contribution in [3.63, 3.8) is 0 Å². The summed E-state index contributed by atoms with van der Waals surface area (Å²) in [7, 11) is -0.688. The van der Waals surface area contributed by atoms with Gasteiger partial charge in [0.15, 0.2) is 5.69 Å². The molecule has 3 rings (SSSR count). The highest BCUT2D eigenvalue weighted by molar-refractivity contribution is 7.90. The molecule has 0 unspecified atom stereocenters. The van der Waals surface area contributed by atoms with Crippen molar-refractivity contribution in [2.45, 2.75) is 25.2 Å². The van der Waals surface area contributed by atoms with E-state index in [1.165, 1.54) is 31.1 Å². The number of carbonyl (C=O) groups is 4. The maximum atomic E-state index is 13.0. The van der Waals surface area contributed by atoms with Gasteiger partial charge >= 0.3 is 11.9 Å². The molecule has 0 saturated heterocycles. The molecule has 0 radical (unpaired) electrons. The standard InChI is InChI=1S/C25H28N6O11S/c1-6-7-30-25(35)15-8-19(31(36)37)18(11-22(15)43(30,38)39)28-27-17-10-21(40-3)20(9-16(17)26-14(2)32)29(12-23(33)41-4)13-24(34)42-5/h8-11H,6-7,12-13H2,1-5H3,(H,26,32)/b28-27+. The average Bonchev–Trinajstić information content (AvgIpc) is 3.14. The normalized spacial score (nSPS) is 13.4. The second-order valence-electron chi connectivity index (χ2n) is 8.91. The van der Waals surface area contributed by atoms with Crippen molar-refractivity contribution in [1.29, 1.82) is 0 Å². The first kappa shape index (κ1) is 32.4. The maximum absolute atomic E-state index is 13.0. The first-order valence-electron chi connectivity index (χ1n) is 12.5. The van der Waals surface area contributed by atoms with Crippen LogP contribution in [0.25, 0.3) is 0 Å². The number of hydrogen-bond acceptors (Lipinski definition) is 14. The second kappa shape index (κ2) is 13.2. The van der Waals surface area contributed by atoms with Gasteiger partial charge in [0.05, 0.1) is 43.2 Å². The number of nitrogens with zero attached hydrogens (tertiary/aromatic N) is 5. The lowest BCUT2D eigenvalue weighted by Gasteiger charge is -2.25. The van der Waals surface area contributed by atoms with Gasteiger partial charge in [-0.2, -0.15) is 0 Å². The van der Waals surface area contributed by atoms with Crippen LogP contribution in [0.4, 0.5) is 28.4 Å². The monoisotopic (exact) mass is 620 g/mol. The molecule has 0 saturated carbocycles. The molecular weight excluding hydrogens is 592 g/mol. The van der Waals surface area contributed by atoms with Crippen LogP contribution in [-0.2, 0) is 33.9 Å². The van der Waals surface area contributed by atoms with Crippen LogP contribution in [-0.4, -0.2) is 82.4 Å². The Morgan fingerprint density at radius 3 is 2.14 bits per heavy atom. The Morgan fingerprint density at radius 1 is 1.02 bits per heavy atom. The number of rotatable bonds is 12. The number of hydrogen-bond donors (Lipinski definition) is 1. The number of fused-ring (bicyclic) bond motifs is 1. The van der Waals surface area contributed by atoms with Crippen molar-refractivity contribution in [3.8, 4) is 5.75 Å². The highest BCUT2D eigenvalue weighted by atomic mass is 32.2. The van der Waals surface area contributed by atoms with Crippen molar-refractivity contribution in [2.75, 3.05) is 51.2 Å². The van der Waals surface area contributed by atoms with Crippen LogP contribution in [0.3, 0.4) is 0 Å². The molecule has 2 amide bonds. The van der Waals surface area contributed by atoms with Crippen LogP contribution in [0.5, 0.6) is 5.75 Å². The summed E-state index contributed by atoms with van der Waals surface area (Å²) >= 11 is 0. The molecule has 230 valence electrons. The fraction of sp³-hybridized carbons (Fsp3) is 0.360. The largest absolute Gasteiger partial charge is 0.494 e. The number of sulfonamides is 1. The van der Waals surface area contributed by atoms with E-state index in [0.29, 0.717) is 10.7 Å². The predicted molar refractivity (Wildman–Crippen MR) is 149 cm³/mol. The van der Waals surface area contributed by atoms with Crippen molar-refractivity contribution in [1.82, 2.24) is 4.31 Å². The summed E-state index contributed by atoms with van der Waals surface area (Å²) in [5.41, 5.74) is -1.48. The quantitative estimate of drug-likeness (QED) is 0.157. The van der Waals surface area contributed by atoms with E-state index in [0.717, 1.165) is 26.4 Å². The van der Waals surface area contributed by atoms with E-state index < -0.39 is 68.1 Å². The lowest BCUT2D eigenvalue weighted by molar-refractivity contribution is -0.384. The molecule has 1 N–H and O–H groups in total. The van der Waals surface area contributed by atoms with E-state index in [9.17, 15) is 37.7 Å². The molecule has 0 bridgehead atoms. The van der Waals surface area contributed by atoms with Crippen LogP contribution in [0.1, 0.15) is 30.6 Å². The first-order valence-corrected chi connectivity index (χ1v) is 13.9. The zero-order chi connectivity index (χ0) is 32.1. The molecule has 0 aromatic heterocycles. The van der Waals surface area contributed by atoms with Gasteiger partial charge in [0, 0.05) is 25.6 Å². The lowest BCUT2D eigenvalue weighted by Crippen LogP contribution is -2.36. The number of nitro benzene ring substituents is 1. The molecule has 0 atom stereocenters. The van der Waals surface area contributed by atoms with Gasteiger partial charge in [-0.1, -0.05) is 6.92 Å². The molecule has 17 nitrogen and oxygen atoms in total. The molecule has 18 heteroatoms. The Bertz CT molecular complexity index is 1610. The molecule has 43 heavy (non-hydrogen) atoms. The Labute approximate surface area is 245 Å². The Morgan fingerprint density at radius 2 is 1.63 bits per heavy atom. The molecular formula is C25H28N6O11S. The number of benzene rings is 2. The number of esters is 2. The van der Waals surface area contributed by atoms with E-state index >= 15 is 0 Å². The van der Waals surface area contributed by atoms with Gasteiger partial charge < -0.3 is 24.4 Å². The summed E-state index contributed by atoms with van der Waals surface area (Å²) in [5.74, 6) is -2.80. The molecule has 2 aromatic rings. The van der Waals surface area contributed by atoms with Gasteiger partial charge in [0.2, 0.25) is 5.91 Å². The number of carbonyl (C=O) groups excluding carboxylic acids is 4. The SMILES string of the molecule is CCCN1C(=O)c2cc([N+](=O)[O-])c(/N=N/c3cc(OC)c(N(CC(=O)OC)CC(=O)OC)cc3NC(C)=O)cc2S1(=O)=O. The highest BCUT2D eigenvalue weighted by Gasteiger charge is 2.42. The van der Waals surface area contributed by atoms with Gasteiger partial charge in [-0.3, -0.25) is 29.3 Å². The van der Waals surface area contributed by atoms with E-state index in [-0.39, 0.29) is 34.9 Å². The lowest BCUT2D eigenvalue weighted by atomic mass is 10.1. The summed E-state index contributed by atoms with van der Waals surface area (Å²) in [6.07, 6.45) is 0.327. The van der Waals surface area contributed by atoms with E-state index in [1.54, 1.807) is 6.92 Å². The van der Waals surface area contributed by atoms with Gasteiger partial charge in [0.25, 0.3) is 21.6 Å². The Hall–Kier alpha value is -5.13. The highest BCUT2D eigenvalue weighted by Crippen LogP contribution is 2.42. The number of azo groups is 1. The minimum atomic E-state index is -4.28. The third-order valence-corrected chi connectivity index (χ3v) is 7.86. The number of amides is 2. The molecule has 0 spiro atoms. The third kappa shape index (κ3) is 6.85. The molecule has 1 aliphatic rings. The van der Waals surface area contributed by atoms with E-state index in [4.69, 9.17) is 14.2 Å². The Kier molecular flexibility index (Phi) is 9.97. The Balaban J connectivity index is 2.19. The number of nitrogens with one attached hydrogen (secondary N) is 1. The number of anilines is 2. The smallest absolute Gasteiger partial charge is 0.325 e. The van der Waals surface area contributed by atoms with Crippen LogP contribution >= 0.6 is 0 Å². The fourth-order valence-corrected chi connectivity index (χ4v) is 5.73. The summed E-state index contributed by atoms with van der Waals surface area (Å²) < 4.78 is 41.4. The minimum absolute atomic E-state index is 0.00693. The summed E-state index contributed by atoms with van der Waals surface area (Å²) in [5, 5.41) is 22.3. The third-order valence-electron chi connectivity index (χ3n) is 6.03. The van der Waals surface area contributed by atoms with E-state index in [2.05, 4.69) is 15.5 Å². The van der Waals surface area contributed by atoms with Gasteiger partial charge in [-0.05, 0) is 18.6 Å². The van der Waals surface area contributed by atoms with Crippen molar-refractivity contribution in [3.05, 3.63) is 39.9 Å². The van der Waals surface area contributed by atoms with Crippen LogP contribution in [0, 0.1) is 10.1 Å². The van der Waals surface area contributed by atoms with E-state index in [1.807, 2.05) is 0 Å². The summed E-state index contributed by atoms with van der Waals surface area (Å²) in [4.78, 5) is 60.6. The van der Waals surface area contributed by atoms with Gasteiger partial charge in [0.1, 0.15) is 29.4 Å². The zero-order valence-electron chi connectivity index (χ0n) is 23.8. The van der Waals surface area contributed by atoms with Gasteiger partial charge in [-0.25, -0.2) is 12.7 Å². The van der Waals surface area contributed by atoms with Gasteiger partial charge in [-0.15, -0.1) is 10.2 Å². The minimum Gasteiger partial charge on any atom is -0.494 e. The summed E-state index contributed by atoms with van der Waals surface area (Å²) in [6.45, 7) is 1.93. The fourth-order valence-electron chi connectivity index (χ4n) is 4.07. The topological polar surface area (TPSA) is 216 Å². The van der Waals surface area contributed by atoms with Crippen molar-refractivity contribution >= 4 is 62.2 Å². The molecule has 0 aliphatic carbocycles. The predicted octanol–water partition coefficient (Wildman–Crippen LogP) is 2.68. The average molecular weight is 621 g/mol. The molecule has 0 fully saturated rings. The van der Waals surface area contributed by atoms with Crippen molar-refractivity contribution < 1.29 is 46.7 Å². The van der Waals surface area contributed by atoms with Crippen LogP contribution < -0.4 is 15.0 Å². The number of ether oxygens (including phenoxy) is 3. The molecule has 1 heterocycles. The first-order chi connectivity index (χ1) is 20.3. The zero-order valence-corrected chi connectivity index (χ0v) is 24.6. The van der Waals surface area contributed by atoms with Crippen LogP contribution in [0.15, 0.2) is 39.4 Å². The molecule has 2 aromatic carbocycles. The summed E-state index contributed by atoms with van der Waals surface area (Å²) in [6, 6.07) is 4.31. The van der Waals surface area contributed by atoms with Crippen LogP contribution in [0.2, 0.25) is 0 Å². The molecule has 1 aliphatic heterocycles. The maximum Gasteiger partial charge on any atom is 0.325 e.